The fourth-order valence-corrected chi connectivity index (χ4v) is 3.40. The van der Waals surface area contributed by atoms with E-state index in [9.17, 15) is 4.79 Å². The minimum atomic E-state index is -0.857. The number of aliphatic imine (C=N–C) groups is 1. The normalized spacial score (nSPS) is 19.8. The molecule has 0 saturated heterocycles. The summed E-state index contributed by atoms with van der Waals surface area (Å²) >= 11 is 1.67. The Balaban J connectivity index is 2.15. The first-order chi connectivity index (χ1) is 11.2. The van der Waals surface area contributed by atoms with Crippen LogP contribution in [0, 0.1) is 6.92 Å². The number of allylic oxidation sites excluding steroid dienone is 1. The van der Waals surface area contributed by atoms with Gasteiger partial charge in [0.1, 0.15) is 5.82 Å². The Labute approximate surface area is 140 Å². The van der Waals surface area contributed by atoms with Crippen LogP contribution < -0.4 is 0 Å². The van der Waals surface area contributed by atoms with E-state index in [1.54, 1.807) is 30.4 Å². The second kappa shape index (κ2) is 6.54. The molecule has 118 valence electrons. The molecule has 3 rings (SSSR count). The van der Waals surface area contributed by atoms with Crippen molar-refractivity contribution in [3.8, 4) is 0 Å². The molecule has 1 atom stereocenters. The molecule has 0 saturated carbocycles. The number of hydrogen-bond acceptors (Lipinski definition) is 4. The Morgan fingerprint density at radius 3 is 2.87 bits per heavy atom. The van der Waals surface area contributed by atoms with Crippen molar-refractivity contribution >= 4 is 23.8 Å². The lowest BCUT2D eigenvalue weighted by Gasteiger charge is -2.29. The molecule has 0 radical (unpaired) electrons. The summed E-state index contributed by atoms with van der Waals surface area (Å²) < 4.78 is 0. The van der Waals surface area contributed by atoms with Gasteiger partial charge in [0, 0.05) is 36.4 Å². The highest BCUT2D eigenvalue weighted by atomic mass is 32.2. The van der Waals surface area contributed by atoms with E-state index in [0.29, 0.717) is 17.8 Å². The number of hydrogen-bond donors (Lipinski definition) is 1. The predicted molar refractivity (Wildman–Crippen MR) is 95.1 cm³/mol. The third kappa shape index (κ3) is 2.65. The predicted octanol–water partition coefficient (Wildman–Crippen LogP) is 3.29. The monoisotopic (exact) mass is 325 g/mol. The number of nitrogens with one attached hydrogen (secondary N) is 1. The molecule has 4 nitrogen and oxygen atoms in total. The highest BCUT2D eigenvalue weighted by Gasteiger charge is 2.45. The Bertz CT molecular complexity index is 764. The lowest BCUT2D eigenvalue weighted by Crippen LogP contribution is -2.32. The number of Topliss-reactive ketones (excluding diaryl/α,β-unsaturated/α-hetero) is 1. The number of carbonyl (C=O) groups is 1. The molecule has 1 aromatic carbocycles. The highest BCUT2D eigenvalue weighted by molar-refractivity contribution is 7.98. The first-order valence-corrected chi connectivity index (χ1v) is 8.93. The number of nitrogens with zero attached hydrogens (tertiary/aromatic N) is 2. The molecule has 1 aliphatic rings. The maximum atomic E-state index is 12.8. The van der Waals surface area contributed by atoms with Crippen LogP contribution in [0.15, 0.2) is 53.3 Å². The maximum Gasteiger partial charge on any atom is 0.172 e. The molecular weight excluding hydrogens is 306 g/mol. The second-order valence-electron chi connectivity index (χ2n) is 5.49. The summed E-state index contributed by atoms with van der Waals surface area (Å²) in [6.45, 7) is 2.04. The van der Waals surface area contributed by atoms with Crippen LogP contribution in [0.1, 0.15) is 23.4 Å². The molecule has 1 aliphatic heterocycles. The standard InChI is InChI=1S/C18H19N3OS/c1-13-5-3-4-6-14(13)18(17-19-10-11-20-17)15(7-9-21-18)16(22)8-12-23-2/h3-7,9-11H,8,12H2,1-2H3,(H,19,20). The largest absolute Gasteiger partial charge is 0.346 e. The molecule has 23 heavy (non-hydrogen) atoms. The number of imidazole rings is 1. The van der Waals surface area contributed by atoms with Crippen LogP contribution in [0.5, 0.6) is 0 Å². The van der Waals surface area contributed by atoms with E-state index >= 15 is 0 Å². The third-order valence-electron chi connectivity index (χ3n) is 4.11. The van der Waals surface area contributed by atoms with Gasteiger partial charge in [-0.25, -0.2) is 4.98 Å². The number of ketones is 1. The van der Waals surface area contributed by atoms with Gasteiger partial charge in [-0.05, 0) is 30.4 Å². The van der Waals surface area contributed by atoms with Crippen LogP contribution in [-0.2, 0) is 10.3 Å². The van der Waals surface area contributed by atoms with Crippen molar-refractivity contribution in [3.05, 3.63) is 65.3 Å². The number of H-pyrrole nitrogens is 1. The number of rotatable bonds is 6. The molecule has 0 fully saturated rings. The molecule has 1 aromatic heterocycles. The fourth-order valence-electron chi connectivity index (χ4n) is 3.01. The molecule has 5 heteroatoms. The molecule has 2 aromatic rings. The summed E-state index contributed by atoms with van der Waals surface area (Å²) in [5, 5.41) is 0. The summed E-state index contributed by atoms with van der Waals surface area (Å²) in [7, 11) is 0. The topological polar surface area (TPSA) is 58.1 Å². The van der Waals surface area contributed by atoms with Crippen LogP contribution in [0.4, 0.5) is 0 Å². The fraction of sp³-hybridized carbons (Fsp3) is 0.278. The zero-order chi connectivity index (χ0) is 16.3. The Kier molecular flexibility index (Phi) is 4.48. The molecule has 0 amide bonds. The molecule has 0 aliphatic carbocycles. The van der Waals surface area contributed by atoms with Crippen molar-refractivity contribution in [2.45, 2.75) is 18.9 Å². The van der Waals surface area contributed by atoms with Gasteiger partial charge >= 0.3 is 0 Å². The maximum absolute atomic E-state index is 12.8. The Morgan fingerprint density at radius 2 is 2.17 bits per heavy atom. The van der Waals surface area contributed by atoms with Gasteiger partial charge in [0.15, 0.2) is 11.3 Å². The zero-order valence-electron chi connectivity index (χ0n) is 13.2. The van der Waals surface area contributed by atoms with Gasteiger partial charge in [0.2, 0.25) is 0 Å². The first kappa shape index (κ1) is 15.7. The molecular formula is C18H19N3OS. The van der Waals surface area contributed by atoms with E-state index in [2.05, 4.69) is 9.97 Å². The van der Waals surface area contributed by atoms with E-state index in [1.807, 2.05) is 43.5 Å². The zero-order valence-corrected chi connectivity index (χ0v) is 14.1. The van der Waals surface area contributed by atoms with Crippen LogP contribution in [0.3, 0.4) is 0 Å². The van der Waals surface area contributed by atoms with Crippen LogP contribution in [0.25, 0.3) is 0 Å². The van der Waals surface area contributed by atoms with E-state index in [-0.39, 0.29) is 5.78 Å². The van der Waals surface area contributed by atoms with Gasteiger partial charge in [-0.15, -0.1) is 0 Å². The Hall–Kier alpha value is -2.14. The average Bonchev–Trinajstić information content (AvgIpc) is 3.22. The second-order valence-corrected chi connectivity index (χ2v) is 6.47. The molecule has 0 spiro atoms. The summed E-state index contributed by atoms with van der Waals surface area (Å²) in [6, 6.07) is 8.03. The lowest BCUT2D eigenvalue weighted by atomic mass is 9.79. The summed E-state index contributed by atoms with van der Waals surface area (Å²) in [4.78, 5) is 25.1. The van der Waals surface area contributed by atoms with Crippen molar-refractivity contribution in [1.29, 1.82) is 0 Å². The molecule has 1 unspecified atom stereocenters. The first-order valence-electron chi connectivity index (χ1n) is 7.54. The van der Waals surface area contributed by atoms with E-state index in [0.717, 1.165) is 16.9 Å². The quantitative estimate of drug-likeness (QED) is 0.886. The average molecular weight is 325 g/mol. The van der Waals surface area contributed by atoms with Crippen LogP contribution in [-0.4, -0.2) is 34.0 Å². The summed E-state index contributed by atoms with van der Waals surface area (Å²) in [5.41, 5.74) is 1.92. The van der Waals surface area contributed by atoms with Crippen molar-refractivity contribution in [2.75, 3.05) is 12.0 Å². The highest BCUT2D eigenvalue weighted by Crippen LogP contribution is 2.43. The number of benzene rings is 1. The number of aromatic nitrogens is 2. The van der Waals surface area contributed by atoms with Crippen molar-refractivity contribution in [1.82, 2.24) is 9.97 Å². The number of thioether (sulfide) groups is 1. The van der Waals surface area contributed by atoms with Gasteiger partial charge in [0.05, 0.1) is 0 Å². The van der Waals surface area contributed by atoms with E-state index < -0.39 is 5.54 Å². The summed E-state index contributed by atoms with van der Waals surface area (Å²) in [5.74, 6) is 1.61. The van der Waals surface area contributed by atoms with Gasteiger partial charge in [-0.2, -0.15) is 11.8 Å². The van der Waals surface area contributed by atoms with Gasteiger partial charge in [-0.1, -0.05) is 24.3 Å². The van der Waals surface area contributed by atoms with Crippen molar-refractivity contribution in [3.63, 3.8) is 0 Å². The molecule has 1 N–H and O–H groups in total. The van der Waals surface area contributed by atoms with Gasteiger partial charge in [-0.3, -0.25) is 9.79 Å². The van der Waals surface area contributed by atoms with Crippen molar-refractivity contribution < 1.29 is 4.79 Å². The number of aromatic amines is 1. The smallest absolute Gasteiger partial charge is 0.172 e. The Morgan fingerprint density at radius 1 is 1.35 bits per heavy atom. The van der Waals surface area contributed by atoms with Crippen molar-refractivity contribution in [2.24, 2.45) is 4.99 Å². The van der Waals surface area contributed by atoms with Gasteiger partial charge in [0.25, 0.3) is 0 Å². The number of carbonyl (C=O) groups excluding carboxylic acids is 1. The minimum Gasteiger partial charge on any atom is -0.346 e. The summed E-state index contributed by atoms with van der Waals surface area (Å²) in [6.07, 6.45) is 9.54. The third-order valence-corrected chi connectivity index (χ3v) is 4.72. The molecule has 2 heterocycles. The molecule has 0 bridgehead atoms. The van der Waals surface area contributed by atoms with E-state index in [4.69, 9.17) is 4.99 Å². The van der Waals surface area contributed by atoms with Crippen LogP contribution in [0.2, 0.25) is 0 Å². The SMILES string of the molecule is CSCCC(=O)C1=CC=NC1(c1ncc[nH]1)c1ccccc1C. The van der Waals surface area contributed by atoms with E-state index in [1.165, 1.54) is 0 Å². The number of aryl methyl sites for hydroxylation is 1. The van der Waals surface area contributed by atoms with Crippen LogP contribution >= 0.6 is 11.8 Å². The van der Waals surface area contributed by atoms with Gasteiger partial charge < -0.3 is 4.98 Å². The minimum absolute atomic E-state index is 0.122. The lowest BCUT2D eigenvalue weighted by molar-refractivity contribution is -0.115.